The largest absolute Gasteiger partial charge is 0.388 e. The normalized spacial score (nSPS) is 22.9. The summed E-state index contributed by atoms with van der Waals surface area (Å²) >= 11 is 0. The Morgan fingerprint density at radius 3 is 2.85 bits per heavy atom. The lowest BCUT2D eigenvalue weighted by atomic mass is 9.98. The summed E-state index contributed by atoms with van der Waals surface area (Å²) in [6.07, 6.45) is 2.82. The maximum atomic E-state index is 12.9. The first-order chi connectivity index (χ1) is 16.1. The van der Waals surface area contributed by atoms with Gasteiger partial charge in [0.05, 0.1) is 38.2 Å². The molecule has 2 aliphatic rings. The minimum atomic E-state index is -0.734. The zero-order chi connectivity index (χ0) is 22.8. The van der Waals surface area contributed by atoms with E-state index in [0.29, 0.717) is 35.3 Å². The first-order valence-corrected chi connectivity index (χ1v) is 11.1. The van der Waals surface area contributed by atoms with Gasteiger partial charge in [-0.05, 0) is 25.0 Å². The summed E-state index contributed by atoms with van der Waals surface area (Å²) in [4.78, 5) is 22.3. The molecule has 2 fully saturated rings. The molecule has 4 N–H and O–H groups in total. The van der Waals surface area contributed by atoms with E-state index in [1.807, 2.05) is 18.2 Å². The van der Waals surface area contributed by atoms with Crippen molar-refractivity contribution in [3.63, 3.8) is 0 Å². The van der Waals surface area contributed by atoms with Crippen molar-refractivity contribution in [3.8, 4) is 0 Å². The van der Waals surface area contributed by atoms with Gasteiger partial charge in [0, 0.05) is 31.3 Å². The molecule has 2 saturated heterocycles. The predicted molar refractivity (Wildman–Crippen MR) is 121 cm³/mol. The first-order valence-electron chi connectivity index (χ1n) is 11.1. The Morgan fingerprint density at radius 2 is 2.09 bits per heavy atom. The molecule has 3 atom stereocenters. The highest BCUT2D eigenvalue weighted by Crippen LogP contribution is 2.26. The fourth-order valence-electron chi connectivity index (χ4n) is 4.15. The SMILES string of the molecule is CNc1cc(Nc2cccc(C3CCCOC3)n2)nc2c(C(=O)NC3COCC3O)cnn12. The summed E-state index contributed by atoms with van der Waals surface area (Å²) in [5.74, 6) is 1.75. The van der Waals surface area contributed by atoms with E-state index in [0.717, 1.165) is 25.1 Å². The van der Waals surface area contributed by atoms with Crippen LogP contribution in [0.5, 0.6) is 0 Å². The zero-order valence-corrected chi connectivity index (χ0v) is 18.3. The molecule has 3 aromatic rings. The van der Waals surface area contributed by atoms with Crippen molar-refractivity contribution in [1.29, 1.82) is 0 Å². The number of aromatic nitrogens is 4. The number of fused-ring (bicyclic) bond motifs is 1. The summed E-state index contributed by atoms with van der Waals surface area (Å²) in [6.45, 7) is 1.95. The van der Waals surface area contributed by atoms with Gasteiger partial charge in [-0.2, -0.15) is 9.61 Å². The van der Waals surface area contributed by atoms with Gasteiger partial charge in [-0.15, -0.1) is 0 Å². The summed E-state index contributed by atoms with van der Waals surface area (Å²) in [5, 5.41) is 23.4. The van der Waals surface area contributed by atoms with Gasteiger partial charge < -0.3 is 30.5 Å². The van der Waals surface area contributed by atoms with Crippen LogP contribution in [-0.4, -0.2) is 76.2 Å². The summed E-state index contributed by atoms with van der Waals surface area (Å²) in [5.41, 5.74) is 1.67. The number of pyridine rings is 1. The van der Waals surface area contributed by atoms with Crippen molar-refractivity contribution in [2.75, 3.05) is 44.1 Å². The number of rotatable bonds is 6. The minimum absolute atomic E-state index is 0.203. The number of carbonyl (C=O) groups is 1. The van der Waals surface area contributed by atoms with Gasteiger partial charge in [0.15, 0.2) is 5.65 Å². The number of hydrogen-bond donors (Lipinski definition) is 4. The smallest absolute Gasteiger partial charge is 0.257 e. The number of aliphatic hydroxyl groups is 1. The highest BCUT2D eigenvalue weighted by atomic mass is 16.5. The maximum Gasteiger partial charge on any atom is 0.257 e. The van der Waals surface area contributed by atoms with Crippen LogP contribution in [0.3, 0.4) is 0 Å². The van der Waals surface area contributed by atoms with Gasteiger partial charge in [-0.3, -0.25) is 4.79 Å². The highest BCUT2D eigenvalue weighted by molar-refractivity contribution is 6.00. The van der Waals surface area contributed by atoms with Crippen molar-refractivity contribution < 1.29 is 19.4 Å². The molecular weight excluding hydrogens is 426 g/mol. The van der Waals surface area contributed by atoms with Gasteiger partial charge in [0.25, 0.3) is 5.91 Å². The minimum Gasteiger partial charge on any atom is -0.388 e. The average Bonchev–Trinajstić information content (AvgIpc) is 3.45. The second-order valence-electron chi connectivity index (χ2n) is 8.24. The molecule has 11 heteroatoms. The van der Waals surface area contributed by atoms with E-state index in [2.05, 4.69) is 26.0 Å². The first kappa shape index (κ1) is 21.6. The van der Waals surface area contributed by atoms with E-state index in [1.165, 1.54) is 6.20 Å². The Bertz CT molecular complexity index is 1140. The molecule has 0 saturated carbocycles. The molecule has 0 aliphatic carbocycles. The van der Waals surface area contributed by atoms with E-state index in [4.69, 9.17) is 14.5 Å². The lowest BCUT2D eigenvalue weighted by Crippen LogP contribution is -2.42. The van der Waals surface area contributed by atoms with Crippen LogP contribution >= 0.6 is 0 Å². The van der Waals surface area contributed by atoms with Gasteiger partial charge in [0.1, 0.15) is 23.0 Å². The molecule has 1 amide bonds. The van der Waals surface area contributed by atoms with Gasteiger partial charge in [-0.1, -0.05) is 6.07 Å². The van der Waals surface area contributed by atoms with Crippen molar-refractivity contribution >= 4 is 29.0 Å². The number of nitrogens with one attached hydrogen (secondary N) is 3. The summed E-state index contributed by atoms with van der Waals surface area (Å²) < 4.78 is 12.4. The third-order valence-corrected chi connectivity index (χ3v) is 5.94. The number of carbonyl (C=O) groups excluding carboxylic acids is 1. The van der Waals surface area contributed by atoms with Crippen LogP contribution in [0.2, 0.25) is 0 Å². The Morgan fingerprint density at radius 1 is 1.18 bits per heavy atom. The molecule has 2 aliphatic heterocycles. The second kappa shape index (κ2) is 9.30. The van der Waals surface area contributed by atoms with E-state index in [1.54, 1.807) is 17.6 Å². The Hall–Kier alpha value is -3.28. The van der Waals surface area contributed by atoms with E-state index < -0.39 is 12.1 Å². The molecule has 3 aromatic heterocycles. The number of anilines is 3. The summed E-state index contributed by atoms with van der Waals surface area (Å²) in [7, 11) is 1.77. The van der Waals surface area contributed by atoms with Crippen molar-refractivity contribution in [2.24, 2.45) is 0 Å². The lowest BCUT2D eigenvalue weighted by molar-refractivity contribution is 0.0793. The number of hydrogen-bond acceptors (Lipinski definition) is 9. The molecule has 5 rings (SSSR count). The number of nitrogens with zero attached hydrogens (tertiary/aromatic N) is 4. The molecule has 5 heterocycles. The van der Waals surface area contributed by atoms with Crippen LogP contribution < -0.4 is 16.0 Å². The van der Waals surface area contributed by atoms with E-state index >= 15 is 0 Å². The number of aliphatic hydroxyl groups excluding tert-OH is 1. The van der Waals surface area contributed by atoms with E-state index in [9.17, 15) is 9.90 Å². The zero-order valence-electron chi connectivity index (χ0n) is 18.3. The number of amides is 1. The fraction of sp³-hybridized carbons (Fsp3) is 0.455. The van der Waals surface area contributed by atoms with Crippen LogP contribution in [-0.2, 0) is 9.47 Å². The quantitative estimate of drug-likeness (QED) is 0.435. The predicted octanol–water partition coefficient (Wildman–Crippen LogP) is 1.29. The standard InChI is InChI=1S/C22H27N7O4/c1-23-20-8-19(27-18-6-2-5-15(25-18)13-4-3-7-32-10-13)28-21-14(9-24-29(20)21)22(31)26-16-11-33-12-17(16)30/h2,5-6,8-9,13,16-17,23,30H,3-4,7,10-12H2,1H3,(H,26,31)(H,25,27,28). The monoisotopic (exact) mass is 453 g/mol. The molecular formula is C22H27N7O4. The molecule has 174 valence electrons. The molecule has 33 heavy (non-hydrogen) atoms. The maximum absolute atomic E-state index is 12.9. The molecule has 0 radical (unpaired) electrons. The van der Waals surface area contributed by atoms with Crippen LogP contribution in [0.15, 0.2) is 30.5 Å². The van der Waals surface area contributed by atoms with Gasteiger partial charge >= 0.3 is 0 Å². The summed E-state index contributed by atoms with van der Waals surface area (Å²) in [6, 6.07) is 7.19. The van der Waals surface area contributed by atoms with Crippen molar-refractivity contribution in [1.82, 2.24) is 24.9 Å². The highest BCUT2D eigenvalue weighted by Gasteiger charge is 2.29. The van der Waals surface area contributed by atoms with Crippen molar-refractivity contribution in [3.05, 3.63) is 41.7 Å². The van der Waals surface area contributed by atoms with Crippen molar-refractivity contribution in [2.45, 2.75) is 30.9 Å². The third-order valence-electron chi connectivity index (χ3n) is 5.94. The van der Waals surface area contributed by atoms with Gasteiger partial charge in [-0.25, -0.2) is 9.97 Å². The molecule has 0 bridgehead atoms. The topological polar surface area (TPSA) is 135 Å². The second-order valence-corrected chi connectivity index (χ2v) is 8.24. The Kier molecular flexibility index (Phi) is 6.07. The number of ether oxygens (including phenoxy) is 2. The van der Waals surface area contributed by atoms with Crippen LogP contribution in [0, 0.1) is 0 Å². The molecule has 0 spiro atoms. The van der Waals surface area contributed by atoms with Crippen LogP contribution in [0.4, 0.5) is 17.5 Å². The van der Waals surface area contributed by atoms with Gasteiger partial charge in [0.2, 0.25) is 0 Å². The van der Waals surface area contributed by atoms with E-state index in [-0.39, 0.29) is 25.0 Å². The van der Waals surface area contributed by atoms with Crippen LogP contribution in [0.25, 0.3) is 5.65 Å². The molecule has 3 unspecified atom stereocenters. The fourth-order valence-corrected chi connectivity index (χ4v) is 4.15. The molecule has 0 aromatic carbocycles. The average molecular weight is 454 g/mol. The Labute approximate surface area is 190 Å². The van der Waals surface area contributed by atoms with Crippen LogP contribution in [0.1, 0.15) is 34.8 Å². The molecule has 11 nitrogen and oxygen atoms in total. The lowest BCUT2D eigenvalue weighted by Gasteiger charge is -2.22. The Balaban J connectivity index is 1.42. The third kappa shape index (κ3) is 4.47.